The summed E-state index contributed by atoms with van der Waals surface area (Å²) in [5.41, 5.74) is -0.875. The van der Waals surface area contributed by atoms with Gasteiger partial charge in [-0.2, -0.15) is 0 Å². The van der Waals surface area contributed by atoms with Crippen LogP contribution in [0, 0.1) is 0 Å². The standard InChI is InChI=1S/C19H29N3O5/c1-18(2,3)26-16(23)21-15(22(7)17(24)27-19(4,5)6)20-13-9-11-14(25-8)12-10-13/h9-12H,1-8H3,(H,20,21,23). The minimum atomic E-state index is -0.731. The minimum Gasteiger partial charge on any atom is -0.497 e. The molecule has 0 aliphatic heterocycles. The summed E-state index contributed by atoms with van der Waals surface area (Å²) >= 11 is 0. The van der Waals surface area contributed by atoms with Gasteiger partial charge in [-0.15, -0.1) is 0 Å². The zero-order chi connectivity index (χ0) is 20.8. The summed E-state index contributed by atoms with van der Waals surface area (Å²) in [6.07, 6.45) is -1.39. The number of alkyl carbamates (subject to hydrolysis) is 1. The fourth-order valence-corrected chi connectivity index (χ4v) is 1.78. The first-order valence-electron chi connectivity index (χ1n) is 8.50. The number of hydrogen-bond acceptors (Lipinski definition) is 6. The van der Waals surface area contributed by atoms with Crippen LogP contribution >= 0.6 is 0 Å². The maximum absolute atomic E-state index is 12.4. The van der Waals surface area contributed by atoms with E-state index in [4.69, 9.17) is 14.2 Å². The second-order valence-electron chi connectivity index (χ2n) is 7.80. The molecule has 0 radical (unpaired) electrons. The van der Waals surface area contributed by atoms with Crippen molar-refractivity contribution in [2.75, 3.05) is 14.2 Å². The topological polar surface area (TPSA) is 89.5 Å². The first-order chi connectivity index (χ1) is 12.3. The fraction of sp³-hybridized carbons (Fsp3) is 0.526. The van der Waals surface area contributed by atoms with Gasteiger partial charge in [0.1, 0.15) is 17.0 Å². The quantitative estimate of drug-likeness (QED) is 0.618. The Morgan fingerprint density at radius 2 is 1.48 bits per heavy atom. The number of rotatable bonds is 2. The van der Waals surface area contributed by atoms with Crippen molar-refractivity contribution in [2.24, 2.45) is 4.99 Å². The Hall–Kier alpha value is -2.77. The van der Waals surface area contributed by atoms with Crippen LogP contribution in [-0.2, 0) is 9.47 Å². The van der Waals surface area contributed by atoms with E-state index in [0.29, 0.717) is 11.4 Å². The molecule has 0 saturated carbocycles. The molecule has 0 atom stereocenters. The summed E-state index contributed by atoms with van der Waals surface area (Å²) in [5.74, 6) is 0.639. The molecular formula is C19H29N3O5. The molecule has 1 N–H and O–H groups in total. The van der Waals surface area contributed by atoms with Crippen LogP contribution in [0.1, 0.15) is 41.5 Å². The van der Waals surface area contributed by atoms with E-state index in [2.05, 4.69) is 10.3 Å². The highest BCUT2D eigenvalue weighted by molar-refractivity contribution is 6.02. The van der Waals surface area contributed by atoms with Crippen molar-refractivity contribution in [1.82, 2.24) is 10.2 Å². The predicted octanol–water partition coefficient (Wildman–Crippen LogP) is 4.07. The highest BCUT2D eigenvalue weighted by atomic mass is 16.6. The lowest BCUT2D eigenvalue weighted by Crippen LogP contribution is -2.48. The van der Waals surface area contributed by atoms with E-state index in [1.165, 1.54) is 7.05 Å². The van der Waals surface area contributed by atoms with Crippen molar-refractivity contribution in [1.29, 1.82) is 0 Å². The van der Waals surface area contributed by atoms with Crippen molar-refractivity contribution in [3.8, 4) is 5.75 Å². The van der Waals surface area contributed by atoms with Gasteiger partial charge in [0.05, 0.1) is 12.8 Å². The summed E-state index contributed by atoms with van der Waals surface area (Å²) in [5, 5.41) is 2.50. The summed E-state index contributed by atoms with van der Waals surface area (Å²) in [7, 11) is 3.01. The van der Waals surface area contributed by atoms with Gasteiger partial charge >= 0.3 is 12.2 Å². The molecule has 0 bridgehead atoms. The highest BCUT2D eigenvalue weighted by Gasteiger charge is 2.25. The lowest BCUT2D eigenvalue weighted by molar-refractivity contribution is 0.0391. The molecule has 0 spiro atoms. The molecule has 8 nitrogen and oxygen atoms in total. The van der Waals surface area contributed by atoms with Crippen LogP contribution in [0.3, 0.4) is 0 Å². The van der Waals surface area contributed by atoms with Crippen molar-refractivity contribution in [3.63, 3.8) is 0 Å². The zero-order valence-electron chi connectivity index (χ0n) is 17.2. The number of nitrogens with one attached hydrogen (secondary N) is 1. The van der Waals surface area contributed by atoms with Gasteiger partial charge in [0, 0.05) is 7.05 Å². The predicted molar refractivity (Wildman–Crippen MR) is 103 cm³/mol. The van der Waals surface area contributed by atoms with Gasteiger partial charge in [0.25, 0.3) is 0 Å². The zero-order valence-corrected chi connectivity index (χ0v) is 17.2. The van der Waals surface area contributed by atoms with Crippen molar-refractivity contribution < 1.29 is 23.8 Å². The van der Waals surface area contributed by atoms with E-state index in [0.717, 1.165) is 4.90 Å². The molecule has 0 aliphatic rings. The summed E-state index contributed by atoms with van der Waals surface area (Å²) in [6, 6.07) is 6.83. The monoisotopic (exact) mass is 379 g/mol. The number of carbonyl (C=O) groups excluding carboxylic acids is 2. The van der Waals surface area contributed by atoms with Gasteiger partial charge in [-0.05, 0) is 65.8 Å². The highest BCUT2D eigenvalue weighted by Crippen LogP contribution is 2.18. The number of ether oxygens (including phenoxy) is 3. The lowest BCUT2D eigenvalue weighted by Gasteiger charge is -2.26. The normalized spacial score (nSPS) is 12.2. The Balaban J connectivity index is 3.12. The minimum absolute atomic E-state index is 0.0244. The molecule has 0 aliphatic carbocycles. The maximum Gasteiger partial charge on any atom is 0.416 e. The van der Waals surface area contributed by atoms with E-state index in [-0.39, 0.29) is 5.96 Å². The van der Waals surface area contributed by atoms with E-state index >= 15 is 0 Å². The summed E-state index contributed by atoms with van der Waals surface area (Å²) < 4.78 is 15.7. The Bertz CT molecular complexity index is 685. The van der Waals surface area contributed by atoms with Crippen molar-refractivity contribution in [2.45, 2.75) is 52.7 Å². The van der Waals surface area contributed by atoms with Crippen molar-refractivity contribution >= 4 is 23.8 Å². The number of hydrogen-bond donors (Lipinski definition) is 1. The van der Waals surface area contributed by atoms with Gasteiger partial charge in [-0.3, -0.25) is 10.2 Å². The van der Waals surface area contributed by atoms with Gasteiger partial charge in [-0.1, -0.05) is 0 Å². The number of aliphatic imine (C=N–C) groups is 1. The van der Waals surface area contributed by atoms with Gasteiger partial charge in [0.15, 0.2) is 0 Å². The van der Waals surface area contributed by atoms with Crippen molar-refractivity contribution in [3.05, 3.63) is 24.3 Å². The molecule has 0 aromatic heterocycles. The fourth-order valence-electron chi connectivity index (χ4n) is 1.78. The number of guanidine groups is 1. The molecule has 1 aromatic carbocycles. The molecule has 27 heavy (non-hydrogen) atoms. The smallest absolute Gasteiger partial charge is 0.416 e. The average molecular weight is 379 g/mol. The Labute approximate surface area is 160 Å². The molecule has 0 fully saturated rings. The first-order valence-corrected chi connectivity index (χ1v) is 8.50. The van der Waals surface area contributed by atoms with E-state index in [1.807, 2.05) is 0 Å². The number of carbonyl (C=O) groups is 2. The molecule has 150 valence electrons. The molecular weight excluding hydrogens is 350 g/mol. The van der Waals surface area contributed by atoms with Crippen LogP contribution in [0.4, 0.5) is 15.3 Å². The van der Waals surface area contributed by atoms with E-state index < -0.39 is 23.4 Å². The molecule has 1 aromatic rings. The van der Waals surface area contributed by atoms with Gasteiger partial charge in [0.2, 0.25) is 5.96 Å². The largest absolute Gasteiger partial charge is 0.497 e. The molecule has 8 heteroatoms. The van der Waals surface area contributed by atoms with Crippen LogP contribution in [0.25, 0.3) is 0 Å². The Morgan fingerprint density at radius 1 is 0.963 bits per heavy atom. The van der Waals surface area contributed by atoms with E-state index in [1.54, 1.807) is 72.9 Å². The Morgan fingerprint density at radius 3 is 1.93 bits per heavy atom. The third-order valence-corrected chi connectivity index (χ3v) is 2.91. The third-order valence-electron chi connectivity index (χ3n) is 2.91. The average Bonchev–Trinajstić information content (AvgIpc) is 2.50. The molecule has 0 heterocycles. The van der Waals surface area contributed by atoms with Crippen LogP contribution in [0.15, 0.2) is 29.3 Å². The molecule has 0 unspecified atom stereocenters. The van der Waals surface area contributed by atoms with Crippen LogP contribution < -0.4 is 10.1 Å². The summed E-state index contributed by atoms with van der Waals surface area (Å²) in [6.45, 7) is 10.5. The maximum atomic E-state index is 12.4. The van der Waals surface area contributed by atoms with Crippen LogP contribution in [-0.4, -0.2) is 48.4 Å². The first kappa shape index (κ1) is 22.3. The second kappa shape index (κ2) is 8.75. The third kappa shape index (κ3) is 8.44. The molecule has 1 rings (SSSR count). The number of methoxy groups -OCH3 is 1. The summed E-state index contributed by atoms with van der Waals surface area (Å²) in [4.78, 5) is 30.0. The van der Waals surface area contributed by atoms with Gasteiger partial charge in [-0.25, -0.2) is 14.6 Å². The van der Waals surface area contributed by atoms with E-state index in [9.17, 15) is 9.59 Å². The van der Waals surface area contributed by atoms with Crippen LogP contribution in [0.2, 0.25) is 0 Å². The Kier molecular flexibility index (Phi) is 7.21. The lowest BCUT2D eigenvalue weighted by atomic mass is 10.2. The second-order valence-corrected chi connectivity index (χ2v) is 7.80. The number of benzene rings is 1. The SMILES string of the molecule is COc1ccc(N=C(NC(=O)OC(C)(C)C)N(C)C(=O)OC(C)(C)C)cc1. The van der Waals surface area contributed by atoms with Crippen LogP contribution in [0.5, 0.6) is 5.75 Å². The number of amides is 2. The van der Waals surface area contributed by atoms with Gasteiger partial charge < -0.3 is 14.2 Å². The number of nitrogens with zero attached hydrogens (tertiary/aromatic N) is 2. The molecule has 0 saturated heterocycles. The molecule has 2 amide bonds.